The Morgan fingerprint density at radius 2 is 2.00 bits per heavy atom. The molecule has 0 atom stereocenters. The van der Waals surface area contributed by atoms with Gasteiger partial charge in [0.05, 0.1) is 12.0 Å². The quantitative estimate of drug-likeness (QED) is 0.284. The first-order valence-electron chi connectivity index (χ1n) is 8.83. The Kier molecular flexibility index (Phi) is 8.85. The first-order valence-corrected chi connectivity index (χ1v) is 9.63. The van der Waals surface area contributed by atoms with Gasteiger partial charge in [-0.05, 0) is 51.3 Å². The lowest BCUT2D eigenvalue weighted by molar-refractivity contribution is -0.128. The maximum atomic E-state index is 11.9. The Hall–Kier alpha value is -0.830. The third-order valence-corrected chi connectivity index (χ3v) is 5.20. The Morgan fingerprint density at radius 1 is 1.31 bits per heavy atom. The van der Waals surface area contributed by atoms with Crippen LogP contribution in [0.15, 0.2) is 33.7 Å². The molecule has 0 aliphatic heterocycles. The summed E-state index contributed by atoms with van der Waals surface area (Å²) in [7, 11) is 1.66. The largest absolute Gasteiger partial charge is 0.359 e. The zero-order chi connectivity index (χ0) is 18.5. The fourth-order valence-corrected chi connectivity index (χ4v) is 3.22. The van der Waals surface area contributed by atoms with Crippen LogP contribution >= 0.6 is 39.9 Å². The number of nitrogens with one attached hydrogen (secondary N) is 3. The maximum absolute atomic E-state index is 11.9. The molecule has 0 spiro atoms. The van der Waals surface area contributed by atoms with Gasteiger partial charge in [0.1, 0.15) is 0 Å². The standard InChI is InChI=1S/C19H29BrN4O.HI/c1-5-22-17(23-12-18(2,3)16(25)21-4)24-13-19(9-10-19)14-7-6-8-15(20)11-14;/h6-8,11H,5,9-10,12-13H2,1-4H3,(H,21,25)(H2,22,23,24);1H. The van der Waals surface area contributed by atoms with Gasteiger partial charge in [-0.2, -0.15) is 0 Å². The van der Waals surface area contributed by atoms with E-state index in [1.165, 1.54) is 18.4 Å². The third-order valence-electron chi connectivity index (χ3n) is 4.70. The van der Waals surface area contributed by atoms with Crippen molar-refractivity contribution in [1.29, 1.82) is 0 Å². The van der Waals surface area contributed by atoms with Crippen LogP contribution in [0.3, 0.4) is 0 Å². The number of rotatable bonds is 7. The molecule has 0 saturated heterocycles. The highest BCUT2D eigenvalue weighted by molar-refractivity contribution is 14.0. The van der Waals surface area contributed by atoms with E-state index in [9.17, 15) is 4.79 Å². The first-order chi connectivity index (χ1) is 11.8. The van der Waals surface area contributed by atoms with Crippen molar-refractivity contribution >= 4 is 51.8 Å². The molecule has 5 nitrogen and oxygen atoms in total. The van der Waals surface area contributed by atoms with Crippen LogP contribution in [-0.4, -0.2) is 38.5 Å². The second kappa shape index (κ2) is 9.92. The molecule has 0 aromatic heterocycles. The van der Waals surface area contributed by atoms with E-state index in [1.54, 1.807) is 7.05 Å². The molecular weight excluding hydrogens is 507 g/mol. The number of halogens is 2. The van der Waals surface area contributed by atoms with Crippen molar-refractivity contribution in [2.24, 2.45) is 10.4 Å². The number of guanidine groups is 1. The molecule has 1 aliphatic carbocycles. The second-order valence-electron chi connectivity index (χ2n) is 7.30. The molecule has 26 heavy (non-hydrogen) atoms. The summed E-state index contributed by atoms with van der Waals surface area (Å²) in [5.74, 6) is 0.764. The average molecular weight is 537 g/mol. The molecular formula is C19H30BrIN4O. The highest BCUT2D eigenvalue weighted by atomic mass is 127. The highest BCUT2D eigenvalue weighted by Gasteiger charge is 2.44. The molecule has 1 aliphatic rings. The summed E-state index contributed by atoms with van der Waals surface area (Å²) in [6.07, 6.45) is 2.36. The summed E-state index contributed by atoms with van der Waals surface area (Å²) < 4.78 is 1.11. The summed E-state index contributed by atoms with van der Waals surface area (Å²) in [5.41, 5.74) is 1.02. The lowest BCUT2D eigenvalue weighted by atomic mass is 9.93. The molecule has 1 amide bonds. The lowest BCUT2D eigenvalue weighted by Crippen LogP contribution is -2.43. The van der Waals surface area contributed by atoms with E-state index < -0.39 is 5.41 Å². The van der Waals surface area contributed by atoms with Gasteiger partial charge < -0.3 is 16.0 Å². The number of carbonyl (C=O) groups excluding carboxylic acids is 1. The van der Waals surface area contributed by atoms with Crippen LogP contribution in [0.25, 0.3) is 0 Å². The van der Waals surface area contributed by atoms with Crippen LogP contribution in [0.4, 0.5) is 0 Å². The molecule has 3 N–H and O–H groups in total. The molecule has 1 saturated carbocycles. The number of aliphatic imine (C=N–C) groups is 1. The van der Waals surface area contributed by atoms with Crippen molar-refractivity contribution in [1.82, 2.24) is 16.0 Å². The fourth-order valence-electron chi connectivity index (χ4n) is 2.82. The number of hydrogen-bond donors (Lipinski definition) is 3. The van der Waals surface area contributed by atoms with E-state index >= 15 is 0 Å². The monoisotopic (exact) mass is 536 g/mol. The molecule has 0 radical (unpaired) electrons. The van der Waals surface area contributed by atoms with Crippen molar-refractivity contribution in [2.45, 2.75) is 39.0 Å². The van der Waals surface area contributed by atoms with E-state index in [2.05, 4.69) is 61.1 Å². The molecule has 0 heterocycles. The van der Waals surface area contributed by atoms with Gasteiger partial charge in [0.15, 0.2) is 5.96 Å². The second-order valence-corrected chi connectivity index (χ2v) is 8.22. The summed E-state index contributed by atoms with van der Waals surface area (Å²) in [4.78, 5) is 16.5. The fraction of sp³-hybridized carbons (Fsp3) is 0.579. The van der Waals surface area contributed by atoms with E-state index in [0.717, 1.165) is 23.5 Å². The predicted octanol–water partition coefficient (Wildman–Crippen LogP) is 3.43. The van der Waals surface area contributed by atoms with Gasteiger partial charge in [0, 0.05) is 30.0 Å². The molecule has 2 rings (SSSR count). The van der Waals surface area contributed by atoms with Crippen molar-refractivity contribution in [3.63, 3.8) is 0 Å². The van der Waals surface area contributed by atoms with Crippen LogP contribution in [-0.2, 0) is 10.2 Å². The Balaban J connectivity index is 0.00000338. The third kappa shape index (κ3) is 6.11. The van der Waals surface area contributed by atoms with Crippen LogP contribution in [0.2, 0.25) is 0 Å². The normalized spacial score (nSPS) is 15.7. The molecule has 1 aromatic carbocycles. The van der Waals surface area contributed by atoms with Crippen molar-refractivity contribution in [3.8, 4) is 0 Å². The van der Waals surface area contributed by atoms with Crippen molar-refractivity contribution in [2.75, 3.05) is 26.7 Å². The number of amides is 1. The van der Waals surface area contributed by atoms with Crippen LogP contribution in [0.5, 0.6) is 0 Å². The Labute approximate surface area is 182 Å². The van der Waals surface area contributed by atoms with Gasteiger partial charge in [-0.15, -0.1) is 24.0 Å². The summed E-state index contributed by atoms with van der Waals surface area (Å²) in [6, 6.07) is 8.54. The maximum Gasteiger partial charge on any atom is 0.227 e. The predicted molar refractivity (Wildman–Crippen MR) is 122 cm³/mol. The molecule has 7 heteroatoms. The minimum atomic E-state index is -0.529. The summed E-state index contributed by atoms with van der Waals surface area (Å²) >= 11 is 3.56. The van der Waals surface area contributed by atoms with Gasteiger partial charge >= 0.3 is 0 Å². The molecule has 1 fully saturated rings. The van der Waals surface area contributed by atoms with Gasteiger partial charge in [0.2, 0.25) is 5.91 Å². The van der Waals surface area contributed by atoms with Crippen molar-refractivity contribution in [3.05, 3.63) is 34.3 Å². The van der Waals surface area contributed by atoms with Gasteiger partial charge in [-0.25, -0.2) is 0 Å². The molecule has 0 unspecified atom stereocenters. The van der Waals surface area contributed by atoms with Gasteiger partial charge in [-0.1, -0.05) is 28.1 Å². The lowest BCUT2D eigenvalue weighted by Gasteiger charge is -2.22. The highest BCUT2D eigenvalue weighted by Crippen LogP contribution is 2.48. The smallest absolute Gasteiger partial charge is 0.227 e. The van der Waals surface area contributed by atoms with E-state index in [4.69, 9.17) is 0 Å². The molecule has 1 aromatic rings. The molecule has 0 bridgehead atoms. The first kappa shape index (κ1) is 23.2. The van der Waals surface area contributed by atoms with Gasteiger partial charge in [0.25, 0.3) is 0 Å². The van der Waals surface area contributed by atoms with Crippen LogP contribution < -0.4 is 16.0 Å². The molecule has 146 valence electrons. The number of nitrogens with zero attached hydrogens (tertiary/aromatic N) is 1. The zero-order valence-corrected chi connectivity index (χ0v) is 19.9. The van der Waals surface area contributed by atoms with Crippen LogP contribution in [0, 0.1) is 5.41 Å². The topological polar surface area (TPSA) is 65.5 Å². The Bertz CT molecular complexity index is 644. The summed E-state index contributed by atoms with van der Waals surface area (Å²) in [5, 5.41) is 9.44. The minimum absolute atomic E-state index is 0. The van der Waals surface area contributed by atoms with E-state index in [1.807, 2.05) is 20.8 Å². The minimum Gasteiger partial charge on any atom is -0.359 e. The van der Waals surface area contributed by atoms with Gasteiger partial charge in [-0.3, -0.25) is 9.79 Å². The SMILES string of the molecule is CCNC(=NCC(C)(C)C(=O)NC)NCC1(c2cccc(Br)c2)CC1.I. The number of carbonyl (C=O) groups is 1. The zero-order valence-electron chi connectivity index (χ0n) is 16.0. The summed E-state index contributed by atoms with van der Waals surface area (Å²) in [6.45, 7) is 7.92. The van der Waals surface area contributed by atoms with E-state index in [0.29, 0.717) is 6.54 Å². The van der Waals surface area contributed by atoms with Crippen LogP contribution in [0.1, 0.15) is 39.2 Å². The van der Waals surface area contributed by atoms with E-state index in [-0.39, 0.29) is 35.3 Å². The average Bonchev–Trinajstić information content (AvgIpc) is 3.38. The number of hydrogen-bond acceptors (Lipinski definition) is 2. The Morgan fingerprint density at radius 3 is 2.54 bits per heavy atom. The number of benzene rings is 1. The van der Waals surface area contributed by atoms with Crippen molar-refractivity contribution < 1.29 is 4.79 Å².